The number of amides is 2. The summed E-state index contributed by atoms with van der Waals surface area (Å²) in [6.07, 6.45) is 2.64. The highest BCUT2D eigenvalue weighted by atomic mass is 32.1. The molecule has 1 aliphatic rings. The van der Waals surface area contributed by atoms with Gasteiger partial charge in [-0.15, -0.1) is 0 Å². The molecule has 2 aromatic rings. The minimum atomic E-state index is -0.191. The molecule has 0 aromatic carbocycles. The molecular weight excluding hydrogens is 328 g/mol. The second-order valence-electron chi connectivity index (χ2n) is 5.99. The quantitative estimate of drug-likeness (QED) is 0.889. The number of hydrogen-bond donors (Lipinski definition) is 1. The number of thiophene rings is 1. The molecule has 1 aliphatic heterocycles. The summed E-state index contributed by atoms with van der Waals surface area (Å²) in [4.78, 5) is 29.3. The van der Waals surface area contributed by atoms with Gasteiger partial charge in [0.05, 0.1) is 6.54 Å². The number of carbonyl (C=O) groups is 2. The zero-order valence-corrected chi connectivity index (χ0v) is 14.3. The van der Waals surface area contributed by atoms with Crippen LogP contribution < -0.4 is 5.32 Å². The van der Waals surface area contributed by atoms with E-state index in [1.807, 2.05) is 16.8 Å². The van der Waals surface area contributed by atoms with Crippen LogP contribution in [0.4, 0.5) is 0 Å². The van der Waals surface area contributed by atoms with Gasteiger partial charge in [-0.25, -0.2) is 0 Å². The van der Waals surface area contributed by atoms with Crippen molar-refractivity contribution in [3.05, 3.63) is 22.7 Å². The highest BCUT2D eigenvalue weighted by molar-refractivity contribution is 7.08. The first-order valence-corrected chi connectivity index (χ1v) is 8.93. The Morgan fingerprint density at radius 1 is 1.50 bits per heavy atom. The summed E-state index contributed by atoms with van der Waals surface area (Å²) >= 11 is 1.59. The van der Waals surface area contributed by atoms with Crippen molar-refractivity contribution < 1.29 is 14.1 Å². The first-order valence-electron chi connectivity index (χ1n) is 7.99. The average Bonchev–Trinajstić information content (AvgIpc) is 3.24. The predicted octanol–water partition coefficient (Wildman–Crippen LogP) is 1.72. The summed E-state index contributed by atoms with van der Waals surface area (Å²) in [5.41, 5.74) is 0.964. The second kappa shape index (κ2) is 7.57. The number of carbonyl (C=O) groups excluding carboxylic acids is 2. The molecule has 3 rings (SSSR count). The van der Waals surface area contributed by atoms with E-state index in [9.17, 15) is 9.59 Å². The lowest BCUT2D eigenvalue weighted by Gasteiger charge is -2.32. The Balaban J connectivity index is 1.55. The molecule has 0 unspecified atom stereocenters. The summed E-state index contributed by atoms with van der Waals surface area (Å²) in [5, 5.41) is 10.5. The first kappa shape index (κ1) is 16.6. The summed E-state index contributed by atoms with van der Waals surface area (Å²) in [6, 6.07) is 1.96. The normalized spacial score (nSPS) is 17.7. The summed E-state index contributed by atoms with van der Waals surface area (Å²) in [7, 11) is 0. The fraction of sp³-hybridized carbons (Fsp3) is 0.500. The molecular formula is C16H20N4O3S. The van der Waals surface area contributed by atoms with Gasteiger partial charge in [0.1, 0.15) is 0 Å². The number of piperidine rings is 1. The van der Waals surface area contributed by atoms with Crippen LogP contribution in [-0.4, -0.2) is 46.5 Å². The Morgan fingerprint density at radius 3 is 3.12 bits per heavy atom. The van der Waals surface area contributed by atoms with Crippen molar-refractivity contribution >= 4 is 23.2 Å². The molecule has 128 valence electrons. The van der Waals surface area contributed by atoms with E-state index in [2.05, 4.69) is 15.5 Å². The minimum absolute atomic E-state index is 0.0422. The molecule has 7 nitrogen and oxygen atoms in total. The highest BCUT2D eigenvalue weighted by Gasteiger charge is 2.25. The average molecular weight is 348 g/mol. The number of aromatic nitrogens is 2. The van der Waals surface area contributed by atoms with Gasteiger partial charge in [-0.1, -0.05) is 5.16 Å². The molecule has 24 heavy (non-hydrogen) atoms. The zero-order chi connectivity index (χ0) is 16.9. The number of rotatable bonds is 5. The van der Waals surface area contributed by atoms with Crippen LogP contribution in [0, 0.1) is 5.92 Å². The van der Waals surface area contributed by atoms with Crippen molar-refractivity contribution in [2.75, 3.05) is 19.6 Å². The van der Waals surface area contributed by atoms with Gasteiger partial charge in [0.25, 0.3) is 0 Å². The van der Waals surface area contributed by atoms with E-state index in [0.717, 1.165) is 24.9 Å². The number of hydrogen-bond acceptors (Lipinski definition) is 6. The zero-order valence-electron chi connectivity index (χ0n) is 13.5. The molecule has 1 fully saturated rings. The van der Waals surface area contributed by atoms with Gasteiger partial charge in [-0.2, -0.15) is 16.3 Å². The molecule has 8 heteroatoms. The van der Waals surface area contributed by atoms with Gasteiger partial charge >= 0.3 is 0 Å². The van der Waals surface area contributed by atoms with Crippen molar-refractivity contribution in [3.63, 3.8) is 0 Å². The maximum Gasteiger partial charge on any atom is 0.241 e. The molecule has 1 N–H and O–H groups in total. The van der Waals surface area contributed by atoms with Crippen LogP contribution in [-0.2, 0) is 16.0 Å². The molecule has 1 saturated heterocycles. The van der Waals surface area contributed by atoms with Gasteiger partial charge in [-0.3, -0.25) is 9.59 Å². The van der Waals surface area contributed by atoms with Gasteiger partial charge in [0, 0.05) is 37.4 Å². The molecule has 1 atom stereocenters. The van der Waals surface area contributed by atoms with E-state index in [0.29, 0.717) is 30.6 Å². The third-order valence-corrected chi connectivity index (χ3v) is 4.75. The van der Waals surface area contributed by atoms with Crippen LogP contribution in [0.15, 0.2) is 21.3 Å². The van der Waals surface area contributed by atoms with Crippen LogP contribution in [0.1, 0.15) is 25.7 Å². The Kier molecular flexibility index (Phi) is 5.24. The summed E-state index contributed by atoms with van der Waals surface area (Å²) < 4.78 is 5.35. The van der Waals surface area contributed by atoms with Crippen molar-refractivity contribution in [1.29, 1.82) is 0 Å². The molecule has 2 amide bonds. The van der Waals surface area contributed by atoms with Crippen molar-refractivity contribution in [2.45, 2.75) is 26.2 Å². The molecule has 0 aliphatic carbocycles. The predicted molar refractivity (Wildman–Crippen MR) is 89.3 cm³/mol. The maximum absolute atomic E-state index is 12.1. The molecule has 3 heterocycles. The number of nitrogens with one attached hydrogen (secondary N) is 1. The number of likely N-dealkylation sites (tertiary alicyclic amines) is 1. The van der Waals surface area contributed by atoms with Crippen LogP contribution in [0.25, 0.3) is 11.4 Å². The Hall–Kier alpha value is -2.22. The monoisotopic (exact) mass is 348 g/mol. The van der Waals surface area contributed by atoms with E-state index in [1.165, 1.54) is 6.92 Å². The van der Waals surface area contributed by atoms with Crippen LogP contribution in [0.2, 0.25) is 0 Å². The topological polar surface area (TPSA) is 88.3 Å². The summed E-state index contributed by atoms with van der Waals surface area (Å²) in [5.74, 6) is 1.29. The molecule has 0 spiro atoms. The lowest BCUT2D eigenvalue weighted by Crippen LogP contribution is -2.45. The second-order valence-corrected chi connectivity index (χ2v) is 6.77. The minimum Gasteiger partial charge on any atom is -0.347 e. The summed E-state index contributed by atoms with van der Waals surface area (Å²) in [6.45, 7) is 2.87. The van der Waals surface area contributed by atoms with Crippen LogP contribution >= 0.6 is 11.3 Å². The molecule has 2 aromatic heterocycles. The standard InChI is InChI=1S/C16H20N4O3S/c1-11(21)17-8-15(22)20-5-2-3-12(9-20)7-14-18-16(19-23-14)13-4-6-24-10-13/h4,6,10,12H,2-3,5,7-9H2,1H3,(H,17,21)/t12-/m1/s1. The first-order chi connectivity index (χ1) is 11.6. The molecule has 0 bridgehead atoms. The van der Waals surface area contributed by atoms with E-state index in [4.69, 9.17) is 4.52 Å². The van der Waals surface area contributed by atoms with Gasteiger partial charge < -0.3 is 14.7 Å². The Morgan fingerprint density at radius 2 is 2.38 bits per heavy atom. The molecule has 0 saturated carbocycles. The lowest BCUT2D eigenvalue weighted by atomic mass is 9.94. The highest BCUT2D eigenvalue weighted by Crippen LogP contribution is 2.23. The van der Waals surface area contributed by atoms with E-state index in [1.54, 1.807) is 16.2 Å². The fourth-order valence-electron chi connectivity index (χ4n) is 2.86. The van der Waals surface area contributed by atoms with Gasteiger partial charge in [0.15, 0.2) is 0 Å². The van der Waals surface area contributed by atoms with E-state index >= 15 is 0 Å². The smallest absolute Gasteiger partial charge is 0.241 e. The third-order valence-electron chi connectivity index (χ3n) is 4.07. The van der Waals surface area contributed by atoms with Gasteiger partial charge in [-0.05, 0) is 30.2 Å². The van der Waals surface area contributed by atoms with E-state index in [-0.39, 0.29) is 18.4 Å². The molecule has 0 radical (unpaired) electrons. The fourth-order valence-corrected chi connectivity index (χ4v) is 3.50. The third kappa shape index (κ3) is 4.19. The van der Waals surface area contributed by atoms with Crippen molar-refractivity contribution in [1.82, 2.24) is 20.4 Å². The van der Waals surface area contributed by atoms with Crippen LogP contribution in [0.5, 0.6) is 0 Å². The van der Waals surface area contributed by atoms with Crippen molar-refractivity contribution in [3.8, 4) is 11.4 Å². The van der Waals surface area contributed by atoms with Crippen LogP contribution in [0.3, 0.4) is 0 Å². The Labute approximate surface area is 144 Å². The van der Waals surface area contributed by atoms with Crippen molar-refractivity contribution in [2.24, 2.45) is 5.92 Å². The van der Waals surface area contributed by atoms with Gasteiger partial charge in [0.2, 0.25) is 23.5 Å². The SMILES string of the molecule is CC(=O)NCC(=O)N1CCC[C@H](Cc2nc(-c3ccsc3)no2)C1. The Bertz CT molecular complexity index is 698. The number of nitrogens with zero attached hydrogens (tertiary/aromatic N) is 3. The van der Waals surface area contributed by atoms with E-state index < -0.39 is 0 Å². The maximum atomic E-state index is 12.1. The lowest BCUT2D eigenvalue weighted by molar-refractivity contribution is -0.134. The largest absolute Gasteiger partial charge is 0.347 e.